The van der Waals surface area contributed by atoms with Crippen LogP contribution in [0.5, 0.6) is 11.5 Å². The van der Waals surface area contributed by atoms with Gasteiger partial charge in [0.2, 0.25) is 5.90 Å². The van der Waals surface area contributed by atoms with E-state index >= 15 is 0 Å². The van der Waals surface area contributed by atoms with Crippen molar-refractivity contribution < 1.29 is 27.8 Å². The molecule has 0 atom stereocenters. The number of esters is 1. The highest BCUT2D eigenvalue weighted by atomic mass is 19.3. The molecule has 0 spiro atoms. The molecule has 5 nitrogen and oxygen atoms in total. The maximum Gasteiger partial charge on any atom is 0.387 e. The van der Waals surface area contributed by atoms with Gasteiger partial charge in [0, 0.05) is 5.56 Å². The van der Waals surface area contributed by atoms with Crippen molar-refractivity contribution in [2.24, 2.45) is 4.99 Å². The van der Waals surface area contributed by atoms with Crippen LogP contribution in [0.1, 0.15) is 11.1 Å². The predicted molar refractivity (Wildman–Crippen MR) is 86.7 cm³/mol. The first-order chi connectivity index (χ1) is 12.1. The zero-order valence-electron chi connectivity index (χ0n) is 13.1. The van der Waals surface area contributed by atoms with Gasteiger partial charge in [-0.05, 0) is 24.3 Å². The fourth-order valence-corrected chi connectivity index (χ4v) is 2.30. The topological polar surface area (TPSA) is 57.1 Å². The Hall–Kier alpha value is -3.22. The number of hydrogen-bond acceptors (Lipinski definition) is 5. The lowest BCUT2D eigenvalue weighted by Crippen LogP contribution is -2.10. The van der Waals surface area contributed by atoms with Crippen LogP contribution in [0.3, 0.4) is 0 Å². The zero-order chi connectivity index (χ0) is 17.8. The van der Waals surface area contributed by atoms with E-state index in [9.17, 15) is 13.6 Å². The monoisotopic (exact) mass is 345 g/mol. The van der Waals surface area contributed by atoms with E-state index in [2.05, 4.69) is 9.73 Å². The van der Waals surface area contributed by atoms with E-state index in [1.54, 1.807) is 30.3 Å². The summed E-state index contributed by atoms with van der Waals surface area (Å²) in [4.78, 5) is 16.2. The molecule has 0 saturated heterocycles. The molecule has 0 aliphatic carbocycles. The number of halogens is 2. The summed E-state index contributed by atoms with van der Waals surface area (Å²) < 4.78 is 39.8. The lowest BCUT2D eigenvalue weighted by atomic mass is 10.1. The van der Waals surface area contributed by atoms with Gasteiger partial charge in [-0.3, -0.25) is 0 Å². The molecule has 0 aromatic heterocycles. The smallest absolute Gasteiger partial charge is 0.387 e. The molecular weight excluding hydrogens is 332 g/mol. The molecule has 1 aliphatic heterocycles. The molecule has 7 heteroatoms. The highest BCUT2D eigenvalue weighted by Crippen LogP contribution is 2.28. The van der Waals surface area contributed by atoms with Crippen LogP contribution in [0.25, 0.3) is 6.08 Å². The van der Waals surface area contributed by atoms with Crippen LogP contribution in [0.2, 0.25) is 0 Å². The molecular formula is C18H13F2NO4. The average Bonchev–Trinajstić information content (AvgIpc) is 2.96. The number of carbonyl (C=O) groups is 1. The third-order valence-corrected chi connectivity index (χ3v) is 3.39. The highest BCUT2D eigenvalue weighted by molar-refractivity contribution is 6.13. The maximum atomic E-state index is 12.5. The number of aliphatic imine (C=N–C) groups is 1. The van der Waals surface area contributed by atoms with E-state index in [4.69, 9.17) is 9.47 Å². The van der Waals surface area contributed by atoms with Gasteiger partial charge in [0.05, 0.1) is 12.7 Å². The molecule has 0 fully saturated rings. The number of methoxy groups -OCH3 is 1. The molecule has 2 aromatic carbocycles. The molecule has 1 aliphatic rings. The number of para-hydroxylation sites is 2. The van der Waals surface area contributed by atoms with E-state index in [1.807, 2.05) is 0 Å². The number of benzene rings is 2. The molecule has 128 valence electrons. The first kappa shape index (κ1) is 16.6. The maximum absolute atomic E-state index is 12.5. The largest absolute Gasteiger partial charge is 0.496 e. The minimum atomic E-state index is -3.00. The van der Waals surface area contributed by atoms with Crippen molar-refractivity contribution in [3.05, 3.63) is 65.4 Å². The first-order valence-corrected chi connectivity index (χ1v) is 7.28. The Bertz CT molecular complexity index is 862. The van der Waals surface area contributed by atoms with Gasteiger partial charge < -0.3 is 14.2 Å². The summed E-state index contributed by atoms with van der Waals surface area (Å²) in [6, 6.07) is 13.0. The number of ether oxygens (including phenoxy) is 3. The van der Waals surface area contributed by atoms with E-state index < -0.39 is 12.6 Å². The molecule has 1 heterocycles. The average molecular weight is 345 g/mol. The SMILES string of the molecule is COc1ccccc1/C=C1\N=C(c2ccccc2OC(F)F)OC1=O. The van der Waals surface area contributed by atoms with Crippen molar-refractivity contribution in [3.63, 3.8) is 0 Å². The highest BCUT2D eigenvalue weighted by Gasteiger charge is 2.27. The molecule has 0 bridgehead atoms. The quantitative estimate of drug-likeness (QED) is 0.613. The van der Waals surface area contributed by atoms with Crippen LogP contribution in [-0.2, 0) is 9.53 Å². The Morgan fingerprint density at radius 1 is 1.08 bits per heavy atom. The lowest BCUT2D eigenvalue weighted by Gasteiger charge is -2.08. The van der Waals surface area contributed by atoms with Gasteiger partial charge >= 0.3 is 12.6 Å². The van der Waals surface area contributed by atoms with Crippen molar-refractivity contribution in [1.29, 1.82) is 0 Å². The van der Waals surface area contributed by atoms with Crippen molar-refractivity contribution in [3.8, 4) is 11.5 Å². The van der Waals surface area contributed by atoms with Crippen LogP contribution in [0.15, 0.2) is 59.2 Å². The summed E-state index contributed by atoms with van der Waals surface area (Å²) in [5, 5.41) is 0. The Balaban J connectivity index is 1.97. The lowest BCUT2D eigenvalue weighted by molar-refractivity contribution is -0.129. The van der Waals surface area contributed by atoms with Crippen LogP contribution in [0.4, 0.5) is 8.78 Å². The zero-order valence-corrected chi connectivity index (χ0v) is 13.1. The van der Waals surface area contributed by atoms with Crippen LogP contribution < -0.4 is 9.47 Å². The third-order valence-electron chi connectivity index (χ3n) is 3.39. The summed E-state index contributed by atoms with van der Waals surface area (Å²) >= 11 is 0. The Kier molecular flexibility index (Phi) is 4.74. The van der Waals surface area contributed by atoms with Crippen LogP contribution in [0, 0.1) is 0 Å². The summed E-state index contributed by atoms with van der Waals surface area (Å²) in [5.41, 5.74) is 0.838. The molecule has 0 unspecified atom stereocenters. The van der Waals surface area contributed by atoms with Gasteiger partial charge in [-0.15, -0.1) is 0 Å². The van der Waals surface area contributed by atoms with Crippen LogP contribution in [-0.4, -0.2) is 25.6 Å². The second-order valence-corrected chi connectivity index (χ2v) is 4.95. The first-order valence-electron chi connectivity index (χ1n) is 7.28. The number of carbonyl (C=O) groups excluding carboxylic acids is 1. The van der Waals surface area contributed by atoms with Gasteiger partial charge in [-0.1, -0.05) is 30.3 Å². The van der Waals surface area contributed by atoms with Crippen molar-refractivity contribution in [2.45, 2.75) is 6.61 Å². The van der Waals surface area contributed by atoms with Crippen molar-refractivity contribution >= 4 is 17.9 Å². The van der Waals surface area contributed by atoms with Gasteiger partial charge in [0.15, 0.2) is 5.70 Å². The van der Waals surface area contributed by atoms with Crippen molar-refractivity contribution in [1.82, 2.24) is 0 Å². The van der Waals surface area contributed by atoms with Gasteiger partial charge in [-0.2, -0.15) is 8.78 Å². The van der Waals surface area contributed by atoms with Crippen LogP contribution >= 0.6 is 0 Å². The summed E-state index contributed by atoms with van der Waals surface area (Å²) in [7, 11) is 1.51. The van der Waals surface area contributed by atoms with E-state index in [-0.39, 0.29) is 22.9 Å². The minimum absolute atomic E-state index is 0.0337. The Labute approximate surface area is 142 Å². The summed E-state index contributed by atoms with van der Waals surface area (Å²) in [6.07, 6.45) is 1.50. The standard InChI is InChI=1S/C18H13F2NO4/c1-23-14-8-4-2-6-11(14)10-13-17(22)25-16(21-13)12-7-3-5-9-15(12)24-18(19)20/h2-10,18H,1H3/b13-10-. The number of nitrogens with zero attached hydrogens (tertiary/aromatic N) is 1. The minimum Gasteiger partial charge on any atom is -0.496 e. The third kappa shape index (κ3) is 3.65. The van der Waals surface area contributed by atoms with Gasteiger partial charge in [0.1, 0.15) is 11.5 Å². The van der Waals surface area contributed by atoms with Gasteiger partial charge in [0.25, 0.3) is 0 Å². The summed E-state index contributed by atoms with van der Waals surface area (Å²) in [5.74, 6) is -0.342. The molecule has 2 aromatic rings. The predicted octanol–water partition coefficient (Wildman–Crippen LogP) is 3.64. The fourth-order valence-electron chi connectivity index (χ4n) is 2.30. The fraction of sp³-hybridized carbons (Fsp3) is 0.111. The molecule has 3 rings (SSSR count). The summed E-state index contributed by atoms with van der Waals surface area (Å²) in [6.45, 7) is -3.00. The second kappa shape index (κ2) is 7.12. The number of alkyl halides is 2. The Morgan fingerprint density at radius 2 is 1.76 bits per heavy atom. The normalized spacial score (nSPS) is 15.3. The molecule has 0 N–H and O–H groups in total. The van der Waals surface area contributed by atoms with E-state index in [1.165, 1.54) is 31.4 Å². The number of hydrogen-bond donors (Lipinski definition) is 0. The van der Waals surface area contributed by atoms with Crippen molar-refractivity contribution in [2.75, 3.05) is 7.11 Å². The number of rotatable bonds is 5. The Morgan fingerprint density at radius 3 is 2.48 bits per heavy atom. The molecule has 0 amide bonds. The second-order valence-electron chi connectivity index (χ2n) is 4.95. The number of cyclic esters (lactones) is 1. The molecule has 0 saturated carbocycles. The van der Waals surface area contributed by atoms with E-state index in [0.717, 1.165) is 0 Å². The molecule has 25 heavy (non-hydrogen) atoms. The van der Waals surface area contributed by atoms with E-state index in [0.29, 0.717) is 11.3 Å². The molecule has 0 radical (unpaired) electrons. The van der Waals surface area contributed by atoms with Gasteiger partial charge in [-0.25, -0.2) is 9.79 Å².